The van der Waals surface area contributed by atoms with Crippen molar-refractivity contribution in [3.8, 4) is 6.07 Å². The van der Waals surface area contributed by atoms with Gasteiger partial charge in [-0.3, -0.25) is 9.59 Å². The average molecular weight is 335 g/mol. The highest BCUT2D eigenvalue weighted by Gasteiger charge is 2.17. The molecule has 2 rings (SSSR count). The molecule has 0 saturated carbocycles. The van der Waals surface area contributed by atoms with Gasteiger partial charge in [0.15, 0.2) is 0 Å². The third kappa shape index (κ3) is 4.67. The minimum absolute atomic E-state index is 0.114. The van der Waals surface area contributed by atoms with E-state index in [0.717, 1.165) is 11.3 Å². The summed E-state index contributed by atoms with van der Waals surface area (Å²) in [5, 5.41) is 11.9. The summed E-state index contributed by atoms with van der Waals surface area (Å²) in [6, 6.07) is 16.3. The van der Waals surface area contributed by atoms with Gasteiger partial charge in [-0.25, -0.2) is 0 Å². The lowest BCUT2D eigenvalue weighted by molar-refractivity contribution is -0.120. The van der Waals surface area contributed by atoms with Crippen molar-refractivity contribution in [1.29, 1.82) is 5.26 Å². The molecule has 0 aliphatic carbocycles. The van der Waals surface area contributed by atoms with Gasteiger partial charge in [-0.2, -0.15) is 5.26 Å². The van der Waals surface area contributed by atoms with Gasteiger partial charge in [0.2, 0.25) is 11.8 Å². The zero-order chi connectivity index (χ0) is 18.4. The molecule has 2 amide bonds. The molecule has 1 N–H and O–H groups in total. The second-order valence-corrected chi connectivity index (χ2v) is 6.06. The predicted molar refractivity (Wildman–Crippen MR) is 98.3 cm³/mol. The van der Waals surface area contributed by atoms with Crippen LogP contribution in [0.3, 0.4) is 0 Å². The summed E-state index contributed by atoms with van der Waals surface area (Å²) in [5.41, 5.74) is 2.75. The molecule has 0 radical (unpaired) electrons. The second-order valence-electron chi connectivity index (χ2n) is 6.06. The van der Waals surface area contributed by atoms with E-state index in [1.54, 1.807) is 24.3 Å². The monoisotopic (exact) mass is 335 g/mol. The number of hydrogen-bond donors (Lipinski definition) is 1. The highest BCUT2D eigenvalue weighted by molar-refractivity contribution is 6.02. The second kappa shape index (κ2) is 8.11. The Morgan fingerprint density at radius 2 is 1.88 bits per heavy atom. The van der Waals surface area contributed by atoms with Crippen molar-refractivity contribution in [2.24, 2.45) is 0 Å². The molecule has 25 heavy (non-hydrogen) atoms. The van der Waals surface area contributed by atoms with E-state index in [2.05, 4.69) is 19.2 Å². The van der Waals surface area contributed by atoms with Gasteiger partial charge in [-0.05, 0) is 35.7 Å². The molecule has 5 heteroatoms. The van der Waals surface area contributed by atoms with E-state index in [1.807, 2.05) is 30.3 Å². The smallest absolute Gasteiger partial charge is 0.244 e. The topological polar surface area (TPSA) is 73.2 Å². The molecule has 0 aliphatic heterocycles. The Morgan fingerprint density at radius 1 is 1.16 bits per heavy atom. The zero-order valence-corrected chi connectivity index (χ0v) is 14.6. The van der Waals surface area contributed by atoms with Crippen LogP contribution in [0.2, 0.25) is 0 Å². The summed E-state index contributed by atoms with van der Waals surface area (Å²) in [4.78, 5) is 25.8. The first-order valence-corrected chi connectivity index (χ1v) is 8.09. The molecule has 5 nitrogen and oxygen atoms in total. The van der Waals surface area contributed by atoms with Crippen molar-refractivity contribution in [2.75, 3.05) is 16.8 Å². The molecule has 128 valence electrons. The quantitative estimate of drug-likeness (QED) is 0.906. The molecule has 0 heterocycles. The van der Waals surface area contributed by atoms with Gasteiger partial charge < -0.3 is 10.2 Å². The molecule has 0 bridgehead atoms. The van der Waals surface area contributed by atoms with Gasteiger partial charge in [0.1, 0.15) is 6.54 Å². The number of rotatable bonds is 5. The summed E-state index contributed by atoms with van der Waals surface area (Å²) in [6.45, 7) is 5.39. The van der Waals surface area contributed by atoms with Crippen LogP contribution in [0.1, 0.15) is 37.8 Å². The molecule has 0 fully saturated rings. The third-order valence-corrected chi connectivity index (χ3v) is 3.83. The Morgan fingerprint density at radius 3 is 2.52 bits per heavy atom. The minimum Gasteiger partial charge on any atom is -0.324 e. The van der Waals surface area contributed by atoms with E-state index in [-0.39, 0.29) is 24.3 Å². The Bertz CT molecular complexity index is 822. The van der Waals surface area contributed by atoms with Gasteiger partial charge in [-0.15, -0.1) is 0 Å². The molecule has 0 aromatic heterocycles. The highest BCUT2D eigenvalue weighted by Crippen LogP contribution is 2.24. The van der Waals surface area contributed by atoms with E-state index in [1.165, 1.54) is 11.8 Å². The lowest BCUT2D eigenvalue weighted by Crippen LogP contribution is -2.36. The van der Waals surface area contributed by atoms with E-state index < -0.39 is 0 Å². The van der Waals surface area contributed by atoms with Gasteiger partial charge in [0, 0.05) is 18.3 Å². The van der Waals surface area contributed by atoms with Crippen molar-refractivity contribution in [1.82, 2.24) is 0 Å². The molecule has 0 spiro atoms. The van der Waals surface area contributed by atoms with Crippen molar-refractivity contribution in [2.45, 2.75) is 26.7 Å². The Labute approximate surface area is 147 Å². The SMILES string of the molecule is CC(=O)N(CC(=O)Nc1ccccc1C(C)C)c1cccc(C#N)c1. The normalized spacial score (nSPS) is 10.2. The average Bonchev–Trinajstić information content (AvgIpc) is 2.59. The predicted octanol–water partition coefficient (Wildman–Crippen LogP) is 3.67. The van der Waals surface area contributed by atoms with Crippen molar-refractivity contribution in [3.05, 3.63) is 59.7 Å². The largest absolute Gasteiger partial charge is 0.324 e. The molecule has 0 saturated heterocycles. The molecule has 0 atom stereocenters. The number of para-hydroxylation sites is 1. The van der Waals surface area contributed by atoms with Crippen LogP contribution in [0.25, 0.3) is 0 Å². The van der Waals surface area contributed by atoms with Crippen LogP contribution in [0.4, 0.5) is 11.4 Å². The summed E-state index contributed by atoms with van der Waals surface area (Å²) in [7, 11) is 0. The van der Waals surface area contributed by atoms with E-state index in [9.17, 15) is 9.59 Å². The van der Waals surface area contributed by atoms with Crippen molar-refractivity contribution < 1.29 is 9.59 Å². The number of carbonyl (C=O) groups excluding carboxylic acids is 2. The summed E-state index contributed by atoms with van der Waals surface area (Å²) >= 11 is 0. The van der Waals surface area contributed by atoms with E-state index in [0.29, 0.717) is 11.3 Å². The molecule has 0 unspecified atom stereocenters. The van der Waals surface area contributed by atoms with E-state index >= 15 is 0 Å². The Hall–Kier alpha value is -3.13. The summed E-state index contributed by atoms with van der Waals surface area (Å²) < 4.78 is 0. The fourth-order valence-electron chi connectivity index (χ4n) is 2.58. The van der Waals surface area contributed by atoms with Gasteiger partial charge in [-0.1, -0.05) is 38.1 Å². The first-order valence-electron chi connectivity index (χ1n) is 8.09. The standard InChI is InChI=1S/C20H21N3O2/c1-14(2)18-9-4-5-10-19(18)22-20(25)13-23(15(3)24)17-8-6-7-16(11-17)12-21/h4-11,14H,13H2,1-3H3,(H,22,25). The maximum atomic E-state index is 12.5. The molecular weight excluding hydrogens is 314 g/mol. The number of carbonyl (C=O) groups is 2. The van der Waals surface area contributed by atoms with Crippen molar-refractivity contribution in [3.63, 3.8) is 0 Å². The van der Waals surface area contributed by atoms with Crippen LogP contribution in [-0.2, 0) is 9.59 Å². The first-order chi connectivity index (χ1) is 11.9. The maximum absolute atomic E-state index is 12.5. The third-order valence-electron chi connectivity index (χ3n) is 3.83. The molecular formula is C20H21N3O2. The number of nitriles is 1. The van der Waals surface area contributed by atoms with Gasteiger partial charge >= 0.3 is 0 Å². The number of amides is 2. The zero-order valence-electron chi connectivity index (χ0n) is 14.6. The van der Waals surface area contributed by atoms with Crippen LogP contribution < -0.4 is 10.2 Å². The van der Waals surface area contributed by atoms with Crippen LogP contribution >= 0.6 is 0 Å². The van der Waals surface area contributed by atoms with Gasteiger partial charge in [0.25, 0.3) is 0 Å². The molecule has 2 aromatic carbocycles. The molecule has 2 aromatic rings. The highest BCUT2D eigenvalue weighted by atomic mass is 16.2. The Kier molecular flexibility index (Phi) is 5.91. The number of nitrogens with one attached hydrogen (secondary N) is 1. The summed E-state index contributed by atoms with van der Waals surface area (Å²) in [5.74, 6) is -0.277. The molecule has 0 aliphatic rings. The lowest BCUT2D eigenvalue weighted by atomic mass is 10.0. The maximum Gasteiger partial charge on any atom is 0.244 e. The van der Waals surface area contributed by atoms with Crippen LogP contribution in [-0.4, -0.2) is 18.4 Å². The van der Waals surface area contributed by atoms with Crippen LogP contribution in [0.5, 0.6) is 0 Å². The minimum atomic E-state index is -0.286. The van der Waals surface area contributed by atoms with E-state index in [4.69, 9.17) is 5.26 Å². The fourth-order valence-corrected chi connectivity index (χ4v) is 2.58. The van der Waals surface area contributed by atoms with Gasteiger partial charge in [0.05, 0.1) is 11.6 Å². The van der Waals surface area contributed by atoms with Crippen molar-refractivity contribution >= 4 is 23.2 Å². The number of benzene rings is 2. The van der Waals surface area contributed by atoms with Crippen LogP contribution in [0, 0.1) is 11.3 Å². The first kappa shape index (κ1) is 18.2. The van der Waals surface area contributed by atoms with Crippen LogP contribution in [0.15, 0.2) is 48.5 Å². The number of nitrogens with zero attached hydrogens (tertiary/aromatic N) is 2. The fraction of sp³-hybridized carbons (Fsp3) is 0.250. The number of anilines is 2. The lowest BCUT2D eigenvalue weighted by Gasteiger charge is -2.21. The summed E-state index contributed by atoms with van der Waals surface area (Å²) in [6.07, 6.45) is 0. The number of hydrogen-bond acceptors (Lipinski definition) is 3. The Balaban J connectivity index is 2.19.